The van der Waals surface area contributed by atoms with Gasteiger partial charge in [-0.2, -0.15) is 0 Å². The molecule has 1 aliphatic carbocycles. The number of anilines is 2. The third-order valence-electron chi connectivity index (χ3n) is 4.61. The van der Waals surface area contributed by atoms with E-state index in [0.29, 0.717) is 15.0 Å². The van der Waals surface area contributed by atoms with E-state index in [2.05, 4.69) is 28.8 Å². The molecule has 2 N–H and O–H groups in total. The third kappa shape index (κ3) is 3.65. The second-order valence-corrected chi connectivity index (χ2v) is 8.20. The van der Waals surface area contributed by atoms with E-state index in [1.807, 2.05) is 18.2 Å². The van der Waals surface area contributed by atoms with Crippen LogP contribution in [-0.4, -0.2) is 18.2 Å². The van der Waals surface area contributed by atoms with Crippen LogP contribution in [0.2, 0.25) is 5.02 Å². The van der Waals surface area contributed by atoms with Crippen molar-refractivity contribution in [2.45, 2.75) is 19.3 Å². The second kappa shape index (κ2) is 7.46. The number of esters is 1. The van der Waals surface area contributed by atoms with Crippen molar-refractivity contribution in [2.24, 2.45) is 0 Å². The van der Waals surface area contributed by atoms with Crippen molar-refractivity contribution in [3.05, 3.63) is 57.4 Å². The first-order valence-electron chi connectivity index (χ1n) is 8.55. The number of hydrogen-bond acceptors (Lipinski definition) is 4. The molecular weight excluding hydrogens is 400 g/mol. The van der Waals surface area contributed by atoms with E-state index in [9.17, 15) is 4.79 Å². The fourth-order valence-corrected chi connectivity index (χ4v) is 5.01. The highest BCUT2D eigenvalue weighted by molar-refractivity contribution is 7.80. The Balaban J connectivity index is 1.51. The summed E-state index contributed by atoms with van der Waals surface area (Å²) in [7, 11) is 1.35. The average molecular weight is 417 g/mol. The fraction of sp³-hybridized carbons (Fsp3) is 0.200. The first-order valence-corrected chi connectivity index (χ1v) is 10.2. The number of thiocarbonyl (C=S) groups is 1. The Hall–Kier alpha value is -2.15. The molecule has 4 rings (SSSR count). The molecule has 4 nitrogen and oxygen atoms in total. The number of ether oxygens (including phenoxy) is 1. The van der Waals surface area contributed by atoms with E-state index in [-0.39, 0.29) is 0 Å². The molecule has 0 spiro atoms. The van der Waals surface area contributed by atoms with Crippen LogP contribution < -0.4 is 10.6 Å². The Bertz CT molecular complexity index is 1060. The van der Waals surface area contributed by atoms with Gasteiger partial charge in [0.2, 0.25) is 0 Å². The molecule has 0 fully saturated rings. The number of methoxy groups -OCH3 is 1. The first kappa shape index (κ1) is 18.2. The predicted octanol–water partition coefficient (Wildman–Crippen LogP) is 5.64. The second-order valence-electron chi connectivity index (χ2n) is 6.36. The monoisotopic (exact) mass is 416 g/mol. The van der Waals surface area contributed by atoms with Gasteiger partial charge in [0.1, 0.15) is 4.88 Å². The van der Waals surface area contributed by atoms with Crippen molar-refractivity contribution in [3.63, 3.8) is 0 Å². The normalized spacial score (nSPS) is 12.7. The van der Waals surface area contributed by atoms with Crippen molar-refractivity contribution in [1.29, 1.82) is 0 Å². The molecule has 0 saturated carbocycles. The summed E-state index contributed by atoms with van der Waals surface area (Å²) in [4.78, 5) is 12.2. The van der Waals surface area contributed by atoms with Crippen LogP contribution in [0, 0.1) is 0 Å². The van der Waals surface area contributed by atoms with Gasteiger partial charge in [0, 0.05) is 21.5 Å². The van der Waals surface area contributed by atoms with Gasteiger partial charge in [-0.05, 0) is 72.9 Å². The number of benzene rings is 2. The number of rotatable bonds is 3. The van der Waals surface area contributed by atoms with Crippen molar-refractivity contribution < 1.29 is 9.53 Å². The maximum atomic E-state index is 11.8. The van der Waals surface area contributed by atoms with Gasteiger partial charge in [-0.25, -0.2) is 4.79 Å². The van der Waals surface area contributed by atoms with Gasteiger partial charge in [-0.15, -0.1) is 11.3 Å². The highest BCUT2D eigenvalue weighted by Gasteiger charge is 2.18. The number of halogens is 1. The number of thiophene rings is 1. The first-order chi connectivity index (χ1) is 13.0. The van der Waals surface area contributed by atoms with Gasteiger partial charge in [0.15, 0.2) is 5.11 Å². The lowest BCUT2D eigenvalue weighted by Gasteiger charge is -2.12. The number of fused-ring (bicyclic) bond motifs is 2. The van der Waals surface area contributed by atoms with Gasteiger partial charge in [0.05, 0.1) is 12.1 Å². The van der Waals surface area contributed by atoms with Crippen LogP contribution in [-0.2, 0) is 17.6 Å². The molecule has 0 amide bonds. The summed E-state index contributed by atoms with van der Waals surface area (Å²) in [5, 5.41) is 8.19. The van der Waals surface area contributed by atoms with Crippen molar-refractivity contribution >= 4 is 67.7 Å². The van der Waals surface area contributed by atoms with Gasteiger partial charge in [-0.3, -0.25) is 0 Å². The summed E-state index contributed by atoms with van der Waals surface area (Å²) >= 11 is 13.0. The van der Waals surface area contributed by atoms with E-state index < -0.39 is 5.97 Å². The molecule has 0 aliphatic heterocycles. The van der Waals surface area contributed by atoms with Gasteiger partial charge in [-0.1, -0.05) is 17.7 Å². The highest BCUT2D eigenvalue weighted by Crippen LogP contribution is 2.37. The summed E-state index contributed by atoms with van der Waals surface area (Å²) in [6.45, 7) is 0. The average Bonchev–Trinajstić information content (AvgIpc) is 3.25. The van der Waals surface area contributed by atoms with Crippen LogP contribution in [0.4, 0.5) is 11.4 Å². The Morgan fingerprint density at radius 2 is 1.81 bits per heavy atom. The minimum absolute atomic E-state index is 0.408. The van der Waals surface area contributed by atoms with Crippen LogP contribution in [0.15, 0.2) is 36.4 Å². The minimum Gasteiger partial charge on any atom is -0.465 e. The van der Waals surface area contributed by atoms with E-state index in [1.165, 1.54) is 36.0 Å². The molecular formula is C20H17ClN2O2S2. The predicted molar refractivity (Wildman–Crippen MR) is 116 cm³/mol. The molecule has 138 valence electrons. The molecule has 0 radical (unpaired) electrons. The molecule has 0 unspecified atom stereocenters. The van der Waals surface area contributed by atoms with Crippen molar-refractivity contribution in [3.8, 4) is 0 Å². The SMILES string of the molecule is COC(=O)c1sc2cc(NC(=S)Nc3ccc4c(c3)CCC4)ccc2c1Cl. The zero-order chi connectivity index (χ0) is 19.0. The Morgan fingerprint density at radius 1 is 1.11 bits per heavy atom. The van der Waals surface area contributed by atoms with Crippen LogP contribution >= 0.6 is 35.2 Å². The minimum atomic E-state index is -0.426. The van der Waals surface area contributed by atoms with Crippen molar-refractivity contribution in [2.75, 3.05) is 17.7 Å². The maximum Gasteiger partial charge on any atom is 0.349 e. The molecule has 1 aliphatic rings. The summed E-state index contributed by atoms with van der Waals surface area (Å²) in [6.07, 6.45) is 3.51. The number of carbonyl (C=O) groups is 1. The third-order valence-corrected chi connectivity index (χ3v) is 6.46. The van der Waals surface area contributed by atoms with Crippen LogP contribution in [0.25, 0.3) is 10.1 Å². The lowest BCUT2D eigenvalue weighted by Crippen LogP contribution is -2.19. The van der Waals surface area contributed by atoms with Gasteiger partial charge < -0.3 is 15.4 Å². The summed E-state index contributed by atoms with van der Waals surface area (Å²) in [6, 6.07) is 12.1. The lowest BCUT2D eigenvalue weighted by atomic mass is 10.1. The molecule has 1 aromatic heterocycles. The Labute approximate surface area is 171 Å². The smallest absolute Gasteiger partial charge is 0.349 e. The molecule has 2 aromatic carbocycles. The highest BCUT2D eigenvalue weighted by atomic mass is 35.5. The van der Waals surface area contributed by atoms with Crippen LogP contribution in [0.3, 0.4) is 0 Å². The lowest BCUT2D eigenvalue weighted by molar-refractivity contribution is 0.0606. The topological polar surface area (TPSA) is 50.4 Å². The largest absolute Gasteiger partial charge is 0.465 e. The maximum absolute atomic E-state index is 11.8. The zero-order valence-electron chi connectivity index (χ0n) is 14.6. The summed E-state index contributed by atoms with van der Waals surface area (Å²) < 4.78 is 5.67. The Morgan fingerprint density at radius 3 is 2.59 bits per heavy atom. The van der Waals surface area contributed by atoms with E-state index >= 15 is 0 Å². The number of nitrogens with one attached hydrogen (secondary N) is 2. The fourth-order valence-electron chi connectivity index (χ4n) is 3.31. The van der Waals surface area contributed by atoms with Crippen molar-refractivity contribution in [1.82, 2.24) is 0 Å². The van der Waals surface area contributed by atoms with Gasteiger partial charge >= 0.3 is 5.97 Å². The number of carbonyl (C=O) groups excluding carboxylic acids is 1. The van der Waals surface area contributed by atoms with Crippen LogP contribution in [0.5, 0.6) is 0 Å². The molecule has 27 heavy (non-hydrogen) atoms. The molecule has 0 atom stereocenters. The summed E-state index contributed by atoms with van der Waals surface area (Å²) in [5.41, 5.74) is 4.64. The summed E-state index contributed by atoms with van der Waals surface area (Å²) in [5.74, 6) is -0.426. The van der Waals surface area contributed by atoms with E-state index in [0.717, 1.165) is 34.3 Å². The zero-order valence-corrected chi connectivity index (χ0v) is 17.0. The van der Waals surface area contributed by atoms with E-state index in [4.69, 9.17) is 28.6 Å². The van der Waals surface area contributed by atoms with E-state index in [1.54, 1.807) is 0 Å². The van der Waals surface area contributed by atoms with Crippen LogP contribution in [0.1, 0.15) is 27.2 Å². The molecule has 0 bridgehead atoms. The molecule has 1 heterocycles. The standard InChI is InChI=1S/C20H17ClN2O2S2/c1-25-19(24)18-17(21)15-8-7-14(10-16(15)27-18)23-20(26)22-13-6-5-11-3-2-4-12(11)9-13/h5-10H,2-4H2,1H3,(H2,22,23,26). The number of hydrogen-bond donors (Lipinski definition) is 2. The molecule has 7 heteroatoms. The quantitative estimate of drug-likeness (QED) is 0.427. The molecule has 3 aromatic rings. The molecule has 0 saturated heterocycles. The van der Waals surface area contributed by atoms with Gasteiger partial charge in [0.25, 0.3) is 0 Å². The Kier molecular flexibility index (Phi) is 5.04. The number of aryl methyl sites for hydroxylation is 2.